The van der Waals surface area contributed by atoms with Crippen molar-refractivity contribution in [3.05, 3.63) is 71.2 Å². The zero-order chi connectivity index (χ0) is 16.1. The Labute approximate surface area is 132 Å². The van der Waals surface area contributed by atoms with Crippen molar-refractivity contribution >= 4 is 16.7 Å². The summed E-state index contributed by atoms with van der Waals surface area (Å²) in [6.45, 7) is 0.781. The Balaban J connectivity index is 1.61. The molecule has 23 heavy (non-hydrogen) atoms. The average molecular weight is 308 g/mol. The van der Waals surface area contributed by atoms with E-state index < -0.39 is 0 Å². The third kappa shape index (κ3) is 3.60. The number of benzene rings is 1. The molecule has 3 rings (SSSR count). The van der Waals surface area contributed by atoms with Crippen LogP contribution in [0.4, 0.5) is 0 Å². The molecule has 0 aliphatic carbocycles. The first kappa shape index (κ1) is 14.9. The van der Waals surface area contributed by atoms with Crippen molar-refractivity contribution in [2.75, 3.05) is 6.54 Å². The SMILES string of the molecule is O=C(Cc1cccc2ccncc12)NCCn1cccnc1=O. The Kier molecular flexibility index (Phi) is 4.42. The summed E-state index contributed by atoms with van der Waals surface area (Å²) in [5, 5.41) is 4.87. The van der Waals surface area contributed by atoms with E-state index in [9.17, 15) is 9.59 Å². The second-order valence-electron chi connectivity index (χ2n) is 5.14. The fourth-order valence-corrected chi connectivity index (χ4v) is 2.44. The van der Waals surface area contributed by atoms with Crippen molar-refractivity contribution in [2.24, 2.45) is 0 Å². The van der Waals surface area contributed by atoms with Crippen molar-refractivity contribution in [1.82, 2.24) is 19.9 Å². The minimum Gasteiger partial charge on any atom is -0.354 e. The highest BCUT2D eigenvalue weighted by Crippen LogP contribution is 2.17. The first-order valence-electron chi connectivity index (χ1n) is 7.34. The molecule has 0 fully saturated rings. The van der Waals surface area contributed by atoms with Gasteiger partial charge in [0.1, 0.15) is 0 Å². The predicted octanol–water partition coefficient (Wildman–Crippen LogP) is 1.15. The van der Waals surface area contributed by atoms with E-state index in [0.717, 1.165) is 16.3 Å². The molecule has 116 valence electrons. The summed E-state index contributed by atoms with van der Waals surface area (Å²) in [6.07, 6.45) is 6.89. The van der Waals surface area contributed by atoms with Gasteiger partial charge in [0, 0.05) is 43.3 Å². The van der Waals surface area contributed by atoms with Crippen LogP contribution in [0.5, 0.6) is 0 Å². The van der Waals surface area contributed by atoms with Gasteiger partial charge in [-0.15, -0.1) is 0 Å². The number of aromatic nitrogens is 3. The molecule has 0 aliphatic rings. The quantitative estimate of drug-likeness (QED) is 0.767. The molecule has 0 radical (unpaired) electrons. The van der Waals surface area contributed by atoms with Gasteiger partial charge in [-0.25, -0.2) is 9.78 Å². The first-order chi connectivity index (χ1) is 11.2. The summed E-state index contributed by atoms with van der Waals surface area (Å²) in [5.41, 5.74) is 0.619. The maximum atomic E-state index is 12.1. The Morgan fingerprint density at radius 3 is 2.96 bits per heavy atom. The van der Waals surface area contributed by atoms with E-state index in [1.54, 1.807) is 24.7 Å². The monoisotopic (exact) mass is 308 g/mol. The minimum absolute atomic E-state index is 0.0849. The van der Waals surface area contributed by atoms with Crippen LogP contribution in [0.3, 0.4) is 0 Å². The zero-order valence-corrected chi connectivity index (χ0v) is 12.5. The van der Waals surface area contributed by atoms with Gasteiger partial charge in [0.15, 0.2) is 0 Å². The third-order valence-electron chi connectivity index (χ3n) is 3.58. The number of hydrogen-bond donors (Lipinski definition) is 1. The fourth-order valence-electron chi connectivity index (χ4n) is 2.44. The second kappa shape index (κ2) is 6.83. The van der Waals surface area contributed by atoms with E-state index in [2.05, 4.69) is 15.3 Å². The minimum atomic E-state index is -0.318. The van der Waals surface area contributed by atoms with Crippen LogP contribution in [-0.2, 0) is 17.8 Å². The average Bonchev–Trinajstić information content (AvgIpc) is 2.57. The van der Waals surface area contributed by atoms with Crippen molar-refractivity contribution < 1.29 is 4.79 Å². The molecule has 0 spiro atoms. The van der Waals surface area contributed by atoms with Gasteiger partial charge in [-0.2, -0.15) is 0 Å². The number of amides is 1. The summed E-state index contributed by atoms with van der Waals surface area (Å²) in [6, 6.07) is 9.46. The molecule has 0 saturated carbocycles. The lowest BCUT2D eigenvalue weighted by Gasteiger charge is -2.08. The molecule has 0 saturated heterocycles. The van der Waals surface area contributed by atoms with Crippen LogP contribution < -0.4 is 11.0 Å². The molecule has 2 aromatic heterocycles. The van der Waals surface area contributed by atoms with Gasteiger partial charge in [-0.3, -0.25) is 14.3 Å². The van der Waals surface area contributed by atoms with E-state index in [4.69, 9.17) is 0 Å². The van der Waals surface area contributed by atoms with E-state index in [-0.39, 0.29) is 18.0 Å². The third-order valence-corrected chi connectivity index (χ3v) is 3.58. The van der Waals surface area contributed by atoms with E-state index in [1.807, 2.05) is 24.3 Å². The van der Waals surface area contributed by atoms with Gasteiger partial charge in [0.05, 0.1) is 6.42 Å². The molecule has 0 aliphatic heterocycles. The smallest absolute Gasteiger partial charge is 0.347 e. The van der Waals surface area contributed by atoms with Gasteiger partial charge in [0.25, 0.3) is 0 Å². The highest BCUT2D eigenvalue weighted by molar-refractivity contribution is 5.89. The molecule has 1 N–H and O–H groups in total. The molecule has 0 unspecified atom stereocenters. The Bertz CT molecular complexity index is 883. The van der Waals surface area contributed by atoms with Crippen LogP contribution >= 0.6 is 0 Å². The largest absolute Gasteiger partial charge is 0.354 e. The van der Waals surface area contributed by atoms with E-state index >= 15 is 0 Å². The lowest BCUT2D eigenvalue weighted by Crippen LogP contribution is -2.32. The Morgan fingerprint density at radius 1 is 1.17 bits per heavy atom. The summed E-state index contributed by atoms with van der Waals surface area (Å²) < 4.78 is 1.46. The molecular formula is C17H16N4O2. The number of carbonyl (C=O) groups excluding carboxylic acids is 1. The molecular weight excluding hydrogens is 292 g/mol. The van der Waals surface area contributed by atoms with Gasteiger partial charge < -0.3 is 5.32 Å². The van der Waals surface area contributed by atoms with E-state index in [0.29, 0.717) is 13.1 Å². The van der Waals surface area contributed by atoms with Crippen molar-refractivity contribution in [2.45, 2.75) is 13.0 Å². The standard InChI is InChI=1S/C17H16N4O2/c22-16(19-8-10-21-9-2-6-20-17(21)23)11-14-4-1-3-13-5-7-18-12-15(13)14/h1-7,9,12H,8,10-11H2,(H,19,22). The van der Waals surface area contributed by atoms with Crippen LogP contribution in [0.25, 0.3) is 10.8 Å². The van der Waals surface area contributed by atoms with E-state index in [1.165, 1.54) is 10.8 Å². The second-order valence-corrected chi connectivity index (χ2v) is 5.14. The topological polar surface area (TPSA) is 76.9 Å². The maximum Gasteiger partial charge on any atom is 0.347 e. The van der Waals surface area contributed by atoms with Crippen molar-refractivity contribution in [3.8, 4) is 0 Å². The lowest BCUT2D eigenvalue weighted by atomic mass is 10.0. The van der Waals surface area contributed by atoms with Crippen LogP contribution in [-0.4, -0.2) is 27.0 Å². The number of nitrogens with zero attached hydrogens (tertiary/aromatic N) is 3. The zero-order valence-electron chi connectivity index (χ0n) is 12.5. The molecule has 1 aromatic carbocycles. The number of carbonyl (C=O) groups is 1. The Hall–Kier alpha value is -3.02. The summed E-state index contributed by atoms with van der Waals surface area (Å²) in [7, 11) is 0. The van der Waals surface area contributed by atoms with Crippen LogP contribution in [0, 0.1) is 0 Å². The molecule has 0 atom stereocenters. The summed E-state index contributed by atoms with van der Waals surface area (Å²) >= 11 is 0. The molecule has 1 amide bonds. The van der Waals surface area contributed by atoms with Gasteiger partial charge >= 0.3 is 5.69 Å². The fraction of sp³-hybridized carbons (Fsp3) is 0.176. The molecule has 2 heterocycles. The molecule has 6 heteroatoms. The highest BCUT2D eigenvalue weighted by Gasteiger charge is 2.07. The van der Waals surface area contributed by atoms with Crippen LogP contribution in [0.2, 0.25) is 0 Å². The summed E-state index contributed by atoms with van der Waals surface area (Å²) in [4.78, 5) is 31.3. The normalized spacial score (nSPS) is 10.6. The maximum absolute atomic E-state index is 12.1. The van der Waals surface area contributed by atoms with Crippen LogP contribution in [0.1, 0.15) is 5.56 Å². The van der Waals surface area contributed by atoms with Crippen molar-refractivity contribution in [3.63, 3.8) is 0 Å². The summed E-state index contributed by atoms with van der Waals surface area (Å²) in [5.74, 6) is -0.0849. The predicted molar refractivity (Wildman–Crippen MR) is 87.0 cm³/mol. The molecule has 0 bridgehead atoms. The number of fused-ring (bicyclic) bond motifs is 1. The van der Waals surface area contributed by atoms with Gasteiger partial charge in [-0.05, 0) is 23.1 Å². The van der Waals surface area contributed by atoms with Crippen LogP contribution in [0.15, 0.2) is 59.9 Å². The Morgan fingerprint density at radius 2 is 2.09 bits per heavy atom. The number of rotatable bonds is 5. The molecule has 6 nitrogen and oxygen atoms in total. The van der Waals surface area contributed by atoms with Crippen molar-refractivity contribution in [1.29, 1.82) is 0 Å². The number of pyridine rings is 1. The number of nitrogens with one attached hydrogen (secondary N) is 1. The number of hydrogen-bond acceptors (Lipinski definition) is 4. The van der Waals surface area contributed by atoms with Gasteiger partial charge in [0.2, 0.25) is 5.91 Å². The molecule has 3 aromatic rings. The highest BCUT2D eigenvalue weighted by atomic mass is 16.2. The lowest BCUT2D eigenvalue weighted by molar-refractivity contribution is -0.120. The first-order valence-corrected chi connectivity index (χ1v) is 7.34. The van der Waals surface area contributed by atoms with Gasteiger partial charge in [-0.1, -0.05) is 18.2 Å².